The van der Waals surface area contributed by atoms with E-state index < -0.39 is 5.97 Å². The second-order valence-corrected chi connectivity index (χ2v) is 3.00. The molecule has 0 aromatic carbocycles. The lowest BCUT2D eigenvalue weighted by Gasteiger charge is -2.01. The number of carboxylic acids is 1. The van der Waals surface area contributed by atoms with Crippen LogP contribution >= 0.6 is 0 Å². The van der Waals surface area contributed by atoms with E-state index in [-0.39, 0.29) is 6.42 Å². The van der Waals surface area contributed by atoms with Gasteiger partial charge < -0.3 is 14.9 Å². The molecule has 2 aromatic heterocycles. The summed E-state index contributed by atoms with van der Waals surface area (Å²) in [5.41, 5.74) is 0.628. The van der Waals surface area contributed by atoms with Gasteiger partial charge >= 0.3 is 5.97 Å². The summed E-state index contributed by atoms with van der Waals surface area (Å²) in [5, 5.41) is 15.8. The maximum atomic E-state index is 10.3. The minimum Gasteiger partial charge on any atom is -0.481 e. The van der Waals surface area contributed by atoms with Crippen molar-refractivity contribution >= 4 is 22.8 Å². The van der Waals surface area contributed by atoms with Crippen LogP contribution in [0.3, 0.4) is 0 Å². The van der Waals surface area contributed by atoms with Crippen LogP contribution in [0.15, 0.2) is 23.0 Å². The molecule has 2 N–H and O–H groups in total. The van der Waals surface area contributed by atoms with Gasteiger partial charge in [-0.05, 0) is 0 Å². The maximum absolute atomic E-state index is 10.3. The Labute approximate surface area is 84.9 Å². The van der Waals surface area contributed by atoms with Gasteiger partial charge in [-0.1, -0.05) is 5.16 Å². The molecule has 6 nitrogen and oxygen atoms in total. The molecule has 2 aromatic rings. The summed E-state index contributed by atoms with van der Waals surface area (Å²) < 4.78 is 4.94. The summed E-state index contributed by atoms with van der Waals surface area (Å²) in [6.07, 6.45) is 3.24. The summed E-state index contributed by atoms with van der Waals surface area (Å²) in [4.78, 5) is 14.3. The lowest BCUT2D eigenvalue weighted by Crippen LogP contribution is -2.08. The normalized spacial score (nSPS) is 10.4. The van der Waals surface area contributed by atoms with E-state index in [9.17, 15) is 4.79 Å². The predicted molar refractivity (Wildman–Crippen MR) is 52.5 cm³/mol. The number of fused-ring (bicyclic) bond motifs is 1. The van der Waals surface area contributed by atoms with Gasteiger partial charge in [0.1, 0.15) is 5.82 Å². The van der Waals surface area contributed by atoms with E-state index >= 15 is 0 Å². The summed E-state index contributed by atoms with van der Waals surface area (Å²) in [6.45, 7) is 0.335. The van der Waals surface area contributed by atoms with E-state index in [1.165, 1.54) is 0 Å². The first-order chi connectivity index (χ1) is 7.25. The number of aliphatic carboxylic acids is 1. The molecule has 0 aliphatic rings. The number of nitrogens with zero attached hydrogens (tertiary/aromatic N) is 2. The van der Waals surface area contributed by atoms with Crippen LogP contribution in [0.5, 0.6) is 0 Å². The SMILES string of the molecule is O=C(O)CCNc1cc2oncc2cn1. The van der Waals surface area contributed by atoms with Gasteiger partial charge in [0.2, 0.25) is 0 Å². The molecule has 0 atom stereocenters. The fourth-order valence-electron chi connectivity index (χ4n) is 1.16. The van der Waals surface area contributed by atoms with Crippen LogP contribution in [0.1, 0.15) is 6.42 Å². The van der Waals surface area contributed by atoms with Crippen LogP contribution in [0.25, 0.3) is 11.0 Å². The largest absolute Gasteiger partial charge is 0.481 e. The smallest absolute Gasteiger partial charge is 0.305 e. The molecule has 0 unspecified atom stereocenters. The number of rotatable bonds is 4. The van der Waals surface area contributed by atoms with Crippen LogP contribution in [0.4, 0.5) is 5.82 Å². The van der Waals surface area contributed by atoms with Crippen molar-refractivity contribution in [3.63, 3.8) is 0 Å². The number of carboxylic acid groups (broad SMARTS) is 1. The zero-order chi connectivity index (χ0) is 10.7. The Morgan fingerprint density at radius 3 is 3.20 bits per heavy atom. The van der Waals surface area contributed by atoms with Crippen LogP contribution < -0.4 is 5.32 Å². The molecule has 0 aliphatic carbocycles. The standard InChI is InChI=1S/C9H9N3O3/c13-9(14)1-2-10-8-3-7-6(4-11-8)5-12-15-7/h3-5H,1-2H2,(H,10,11)(H,13,14). The van der Waals surface area contributed by atoms with Gasteiger partial charge in [-0.2, -0.15) is 0 Å². The first kappa shape index (κ1) is 9.45. The van der Waals surface area contributed by atoms with E-state index in [1.54, 1.807) is 18.5 Å². The molecule has 0 aliphatic heterocycles. The lowest BCUT2D eigenvalue weighted by molar-refractivity contribution is -0.136. The molecule has 2 heterocycles. The quantitative estimate of drug-likeness (QED) is 0.780. The second-order valence-electron chi connectivity index (χ2n) is 3.00. The molecule has 0 bridgehead atoms. The second kappa shape index (κ2) is 3.95. The van der Waals surface area contributed by atoms with Crippen molar-refractivity contribution in [2.24, 2.45) is 0 Å². The molecule has 78 valence electrons. The van der Waals surface area contributed by atoms with Crippen molar-refractivity contribution in [1.82, 2.24) is 10.1 Å². The van der Waals surface area contributed by atoms with Crippen molar-refractivity contribution in [1.29, 1.82) is 0 Å². The van der Waals surface area contributed by atoms with Crippen LogP contribution in [0, 0.1) is 0 Å². The highest BCUT2D eigenvalue weighted by Gasteiger charge is 2.02. The highest BCUT2D eigenvalue weighted by atomic mass is 16.5. The van der Waals surface area contributed by atoms with Gasteiger partial charge in [0.15, 0.2) is 5.58 Å². The number of carbonyl (C=O) groups is 1. The summed E-state index contributed by atoms with van der Waals surface area (Å²) in [6, 6.07) is 1.68. The molecule has 0 saturated heterocycles. The van der Waals surface area contributed by atoms with Crippen LogP contribution in [-0.4, -0.2) is 27.8 Å². The van der Waals surface area contributed by atoms with Gasteiger partial charge in [-0.25, -0.2) is 4.98 Å². The van der Waals surface area contributed by atoms with E-state index in [4.69, 9.17) is 9.63 Å². The number of hydrogen-bond donors (Lipinski definition) is 2. The van der Waals surface area contributed by atoms with Crippen molar-refractivity contribution < 1.29 is 14.4 Å². The molecule has 0 saturated carbocycles. The Morgan fingerprint density at radius 1 is 1.53 bits per heavy atom. The van der Waals surface area contributed by atoms with Crippen molar-refractivity contribution in [3.8, 4) is 0 Å². The number of anilines is 1. The Kier molecular flexibility index (Phi) is 2.49. The minimum atomic E-state index is -0.844. The first-order valence-corrected chi connectivity index (χ1v) is 4.42. The fourth-order valence-corrected chi connectivity index (χ4v) is 1.16. The van der Waals surface area contributed by atoms with Gasteiger partial charge in [0.25, 0.3) is 0 Å². The molecule has 0 amide bonds. The van der Waals surface area contributed by atoms with E-state index in [0.29, 0.717) is 17.9 Å². The van der Waals surface area contributed by atoms with Gasteiger partial charge in [-0.3, -0.25) is 4.79 Å². The van der Waals surface area contributed by atoms with E-state index in [0.717, 1.165) is 5.39 Å². The average Bonchev–Trinajstić information content (AvgIpc) is 2.64. The predicted octanol–water partition coefficient (Wildman–Crippen LogP) is 1.11. The average molecular weight is 207 g/mol. The van der Waals surface area contributed by atoms with Gasteiger partial charge in [0, 0.05) is 18.8 Å². The molecular weight excluding hydrogens is 198 g/mol. The number of hydrogen-bond acceptors (Lipinski definition) is 5. The van der Waals surface area contributed by atoms with Crippen molar-refractivity contribution in [2.75, 3.05) is 11.9 Å². The fraction of sp³-hybridized carbons (Fsp3) is 0.222. The topological polar surface area (TPSA) is 88.2 Å². The zero-order valence-corrected chi connectivity index (χ0v) is 7.80. The highest BCUT2D eigenvalue weighted by molar-refractivity contribution is 5.77. The molecule has 6 heteroatoms. The minimum absolute atomic E-state index is 0.0517. The van der Waals surface area contributed by atoms with E-state index in [2.05, 4.69) is 15.5 Å². The molecule has 0 fully saturated rings. The monoisotopic (exact) mass is 207 g/mol. The number of aromatic nitrogens is 2. The molecular formula is C9H9N3O3. The summed E-state index contributed by atoms with van der Waals surface area (Å²) in [5.74, 6) is -0.260. The Hall–Kier alpha value is -2.11. The Morgan fingerprint density at radius 2 is 2.40 bits per heavy atom. The highest BCUT2D eigenvalue weighted by Crippen LogP contribution is 2.15. The molecule has 15 heavy (non-hydrogen) atoms. The van der Waals surface area contributed by atoms with Gasteiger partial charge in [-0.15, -0.1) is 0 Å². The number of pyridine rings is 1. The first-order valence-electron chi connectivity index (χ1n) is 4.42. The number of nitrogens with one attached hydrogen (secondary N) is 1. The third-order valence-corrected chi connectivity index (χ3v) is 1.88. The van der Waals surface area contributed by atoms with Crippen molar-refractivity contribution in [2.45, 2.75) is 6.42 Å². The third-order valence-electron chi connectivity index (χ3n) is 1.88. The zero-order valence-electron chi connectivity index (χ0n) is 7.80. The van der Waals surface area contributed by atoms with Crippen molar-refractivity contribution in [3.05, 3.63) is 18.5 Å². The molecule has 0 radical (unpaired) electrons. The summed E-state index contributed by atoms with van der Waals surface area (Å²) in [7, 11) is 0. The Balaban J connectivity index is 2.04. The lowest BCUT2D eigenvalue weighted by atomic mass is 10.3. The van der Waals surface area contributed by atoms with Crippen LogP contribution in [0.2, 0.25) is 0 Å². The Bertz CT molecular complexity index is 480. The molecule has 2 rings (SSSR count). The van der Waals surface area contributed by atoms with Crippen LogP contribution in [-0.2, 0) is 4.79 Å². The van der Waals surface area contributed by atoms with Gasteiger partial charge in [0.05, 0.1) is 18.0 Å². The van der Waals surface area contributed by atoms with E-state index in [1.807, 2.05) is 0 Å². The summed E-state index contributed by atoms with van der Waals surface area (Å²) >= 11 is 0. The molecule has 0 spiro atoms. The maximum Gasteiger partial charge on any atom is 0.305 e. The third kappa shape index (κ3) is 2.22.